The molecule has 0 bridgehead atoms. The molecule has 2 atom stereocenters. The molecule has 11 heteroatoms. The van der Waals surface area contributed by atoms with Crippen LogP contribution in [0.3, 0.4) is 0 Å². The predicted molar refractivity (Wildman–Crippen MR) is 92.7 cm³/mol. The van der Waals surface area contributed by atoms with Crippen LogP contribution in [0.25, 0.3) is 0 Å². The van der Waals surface area contributed by atoms with Crippen LogP contribution in [0, 0.1) is 17.8 Å². The van der Waals surface area contributed by atoms with Crippen LogP contribution in [-0.4, -0.2) is 78.0 Å². The molecule has 2 fully saturated rings. The van der Waals surface area contributed by atoms with Gasteiger partial charge in [-0.2, -0.15) is 17.0 Å². The fourth-order valence-corrected chi connectivity index (χ4v) is 5.14. The van der Waals surface area contributed by atoms with Gasteiger partial charge < -0.3 is 20.9 Å². The third-order valence-electron chi connectivity index (χ3n) is 4.95. The zero-order valence-electron chi connectivity index (χ0n) is 14.3. The minimum Gasteiger partial charge on any atom is -0.481 e. The van der Waals surface area contributed by atoms with Crippen LogP contribution in [0.1, 0.15) is 25.7 Å². The summed E-state index contributed by atoms with van der Waals surface area (Å²) in [6.45, 7) is 0.992. The molecule has 1 heterocycles. The van der Waals surface area contributed by atoms with E-state index in [-0.39, 0.29) is 38.4 Å². The van der Waals surface area contributed by atoms with Crippen LogP contribution in [-0.2, 0) is 15.0 Å². The molecule has 1 saturated heterocycles. The molecule has 2 aliphatic rings. The summed E-state index contributed by atoms with van der Waals surface area (Å²) in [5.74, 6) is -1.74. The lowest BCUT2D eigenvalue weighted by Gasteiger charge is -2.27. The molecule has 2 rings (SSSR count). The molecule has 0 spiro atoms. The van der Waals surface area contributed by atoms with Gasteiger partial charge >= 0.3 is 13.1 Å². The van der Waals surface area contributed by atoms with Gasteiger partial charge in [-0.15, -0.1) is 0 Å². The molecule has 0 aromatic carbocycles. The summed E-state index contributed by atoms with van der Waals surface area (Å²) >= 11 is 0. The Balaban J connectivity index is 2.04. The first-order valence-electron chi connectivity index (χ1n) is 8.80. The number of carboxylic acids is 1. The second-order valence-electron chi connectivity index (χ2n) is 7.03. The molecule has 2 unspecified atom stereocenters. The molecule has 0 aromatic heterocycles. The van der Waals surface area contributed by atoms with E-state index in [1.807, 2.05) is 0 Å². The fraction of sp³-hybridized carbons (Fsp3) is 0.929. The van der Waals surface area contributed by atoms with Crippen molar-refractivity contribution in [1.82, 2.24) is 8.61 Å². The van der Waals surface area contributed by atoms with Gasteiger partial charge in [0, 0.05) is 32.7 Å². The average Bonchev–Trinajstić information content (AvgIpc) is 3.22. The van der Waals surface area contributed by atoms with Crippen molar-refractivity contribution in [1.29, 1.82) is 0 Å². The van der Waals surface area contributed by atoms with Crippen molar-refractivity contribution in [3.63, 3.8) is 0 Å². The molecule has 0 aromatic rings. The van der Waals surface area contributed by atoms with Crippen LogP contribution in [0.15, 0.2) is 0 Å². The Morgan fingerprint density at radius 1 is 1.28 bits per heavy atom. The molecule has 0 radical (unpaired) electrons. The van der Waals surface area contributed by atoms with E-state index in [2.05, 4.69) is 0 Å². The number of aliphatic carboxylic acids is 1. The molecule has 144 valence electrons. The summed E-state index contributed by atoms with van der Waals surface area (Å²) in [5, 5.41) is 27.3. The number of carbonyl (C=O) groups is 1. The van der Waals surface area contributed by atoms with Crippen molar-refractivity contribution in [2.24, 2.45) is 23.5 Å². The molecular weight excluding hydrogens is 349 g/mol. The molecule has 1 aliphatic heterocycles. The van der Waals surface area contributed by atoms with Crippen molar-refractivity contribution in [2.75, 3.05) is 32.7 Å². The van der Waals surface area contributed by atoms with Crippen molar-refractivity contribution >= 4 is 23.3 Å². The minimum atomic E-state index is -3.73. The van der Waals surface area contributed by atoms with Gasteiger partial charge in [0.15, 0.2) is 0 Å². The van der Waals surface area contributed by atoms with Gasteiger partial charge in [0.25, 0.3) is 10.2 Å². The van der Waals surface area contributed by atoms with E-state index >= 15 is 0 Å². The Kier molecular flexibility index (Phi) is 7.24. The Morgan fingerprint density at radius 3 is 2.48 bits per heavy atom. The van der Waals surface area contributed by atoms with Crippen molar-refractivity contribution in [3.8, 4) is 0 Å². The number of carboxylic acid groups (broad SMARTS) is 1. The van der Waals surface area contributed by atoms with E-state index in [4.69, 9.17) is 15.8 Å². The maximum Gasteiger partial charge on any atom is 0.451 e. The zero-order valence-corrected chi connectivity index (χ0v) is 15.1. The highest BCUT2D eigenvalue weighted by Gasteiger charge is 2.44. The van der Waals surface area contributed by atoms with E-state index in [0.29, 0.717) is 25.3 Å². The first kappa shape index (κ1) is 20.6. The van der Waals surface area contributed by atoms with Gasteiger partial charge in [0.2, 0.25) is 0 Å². The van der Waals surface area contributed by atoms with Crippen LogP contribution >= 0.6 is 0 Å². The molecule has 0 amide bonds. The molecule has 1 aliphatic carbocycles. The molecule has 9 nitrogen and oxygen atoms in total. The van der Waals surface area contributed by atoms with Gasteiger partial charge in [-0.1, -0.05) is 6.42 Å². The quantitative estimate of drug-likeness (QED) is 0.331. The molecule has 1 saturated carbocycles. The van der Waals surface area contributed by atoms with Gasteiger partial charge in [0.1, 0.15) is 0 Å². The van der Waals surface area contributed by atoms with Gasteiger partial charge in [-0.05, 0) is 37.4 Å². The van der Waals surface area contributed by atoms with Crippen molar-refractivity contribution in [3.05, 3.63) is 0 Å². The first-order chi connectivity index (χ1) is 11.8. The standard InChI is InChI=1S/C14H28BN3O6S/c16-6-7-17(8-11-3-4-11)25(23,24)18-9-12(2-1-5-15(21)22)13(10-18)14(19)20/h11-13,21-22H,1-10,16H2,(H,19,20). The van der Waals surface area contributed by atoms with E-state index in [1.165, 1.54) is 8.61 Å². The van der Waals surface area contributed by atoms with E-state index in [1.54, 1.807) is 0 Å². The van der Waals surface area contributed by atoms with Crippen LogP contribution < -0.4 is 5.73 Å². The monoisotopic (exact) mass is 377 g/mol. The SMILES string of the molecule is NCCN(CC1CC1)S(=O)(=O)N1CC(CCCB(O)O)C(C(=O)O)C1. The predicted octanol–water partition coefficient (Wildman–Crippen LogP) is -1.21. The Hall–Kier alpha value is -0.715. The maximum absolute atomic E-state index is 12.9. The van der Waals surface area contributed by atoms with E-state index in [0.717, 1.165) is 12.8 Å². The van der Waals surface area contributed by atoms with Gasteiger partial charge in [-0.25, -0.2) is 0 Å². The van der Waals surface area contributed by atoms with Crippen LogP contribution in [0.2, 0.25) is 6.32 Å². The van der Waals surface area contributed by atoms with Crippen LogP contribution in [0.5, 0.6) is 0 Å². The zero-order chi connectivity index (χ0) is 18.6. The molecular formula is C14H28BN3O6S. The topological polar surface area (TPSA) is 144 Å². The minimum absolute atomic E-state index is 0.0459. The third kappa shape index (κ3) is 5.63. The molecule has 5 N–H and O–H groups in total. The van der Waals surface area contributed by atoms with Gasteiger partial charge in [-0.3, -0.25) is 4.79 Å². The Labute approximate surface area is 149 Å². The molecule has 25 heavy (non-hydrogen) atoms. The third-order valence-corrected chi connectivity index (χ3v) is 6.89. The highest BCUT2D eigenvalue weighted by molar-refractivity contribution is 7.86. The largest absolute Gasteiger partial charge is 0.481 e. The van der Waals surface area contributed by atoms with E-state index < -0.39 is 29.2 Å². The summed E-state index contributed by atoms with van der Waals surface area (Å²) in [6, 6.07) is 0. The summed E-state index contributed by atoms with van der Waals surface area (Å²) in [5.41, 5.74) is 5.55. The number of hydrogen-bond donors (Lipinski definition) is 4. The number of rotatable bonds is 11. The Bertz CT molecular complexity index is 557. The lowest BCUT2D eigenvalue weighted by atomic mass is 9.80. The highest BCUT2D eigenvalue weighted by Crippen LogP contribution is 2.34. The average molecular weight is 377 g/mol. The van der Waals surface area contributed by atoms with Crippen molar-refractivity contribution in [2.45, 2.75) is 32.0 Å². The summed E-state index contributed by atoms with van der Waals surface area (Å²) in [6.07, 6.45) is 3.06. The first-order valence-corrected chi connectivity index (χ1v) is 10.2. The lowest BCUT2D eigenvalue weighted by molar-refractivity contribution is -0.142. The normalized spacial score (nSPS) is 24.8. The second kappa shape index (κ2) is 8.78. The number of hydrogen-bond acceptors (Lipinski definition) is 6. The highest BCUT2D eigenvalue weighted by atomic mass is 32.2. The summed E-state index contributed by atoms with van der Waals surface area (Å²) < 4.78 is 28.4. The van der Waals surface area contributed by atoms with Crippen LogP contribution in [0.4, 0.5) is 0 Å². The lowest BCUT2D eigenvalue weighted by Crippen LogP contribution is -2.46. The van der Waals surface area contributed by atoms with E-state index in [9.17, 15) is 18.3 Å². The maximum atomic E-state index is 12.9. The van der Waals surface area contributed by atoms with Gasteiger partial charge in [0.05, 0.1) is 5.92 Å². The smallest absolute Gasteiger partial charge is 0.451 e. The number of nitrogens with zero attached hydrogens (tertiary/aromatic N) is 2. The number of nitrogens with two attached hydrogens (primary N) is 1. The summed E-state index contributed by atoms with van der Waals surface area (Å²) in [4.78, 5) is 11.5. The Morgan fingerprint density at radius 2 is 1.96 bits per heavy atom. The van der Waals surface area contributed by atoms with Crippen molar-refractivity contribution < 1.29 is 28.4 Å². The second-order valence-corrected chi connectivity index (χ2v) is 8.96. The fourth-order valence-electron chi connectivity index (χ4n) is 3.35. The summed E-state index contributed by atoms with van der Waals surface area (Å²) in [7, 11) is -5.16.